The molecule has 0 saturated heterocycles. The zero-order valence-electron chi connectivity index (χ0n) is 16.3. The van der Waals surface area contributed by atoms with Gasteiger partial charge in [0.05, 0.1) is 13.0 Å². The first-order valence-electron chi connectivity index (χ1n) is 10.0. The maximum Gasteiger partial charge on any atom is 0.225 e. The fraction of sp³-hybridized carbons (Fsp3) is 0.435. The lowest BCUT2D eigenvalue weighted by molar-refractivity contribution is -0.127. The van der Waals surface area contributed by atoms with Gasteiger partial charge in [0.15, 0.2) is 11.5 Å². The minimum Gasteiger partial charge on any atom is -0.493 e. The van der Waals surface area contributed by atoms with Gasteiger partial charge in [0.1, 0.15) is 6.61 Å². The van der Waals surface area contributed by atoms with Crippen LogP contribution in [0.1, 0.15) is 30.4 Å². The third kappa shape index (κ3) is 3.85. The molecule has 148 valence electrons. The van der Waals surface area contributed by atoms with Crippen molar-refractivity contribution in [3.63, 3.8) is 0 Å². The minimum atomic E-state index is -0.0332. The Labute approximate surface area is 166 Å². The van der Waals surface area contributed by atoms with Gasteiger partial charge in [0, 0.05) is 12.6 Å². The van der Waals surface area contributed by atoms with Gasteiger partial charge in [-0.05, 0) is 54.4 Å². The smallest absolute Gasteiger partial charge is 0.225 e. The summed E-state index contributed by atoms with van der Waals surface area (Å²) in [5.41, 5.74) is 8.36. The number of ether oxygens (including phenoxy) is 2. The summed E-state index contributed by atoms with van der Waals surface area (Å²) in [6.07, 6.45) is 3.43. The van der Waals surface area contributed by atoms with E-state index in [1.165, 1.54) is 6.42 Å². The Morgan fingerprint density at radius 1 is 1.07 bits per heavy atom. The number of rotatable bonds is 7. The molecular formula is C23H28N2O3. The van der Waals surface area contributed by atoms with Crippen LogP contribution >= 0.6 is 0 Å². The normalized spacial score (nSPS) is 25.5. The highest BCUT2D eigenvalue weighted by Crippen LogP contribution is 2.47. The summed E-state index contributed by atoms with van der Waals surface area (Å²) in [5, 5.41) is 3.07. The van der Waals surface area contributed by atoms with Gasteiger partial charge >= 0.3 is 0 Å². The fourth-order valence-electron chi connectivity index (χ4n) is 4.71. The molecule has 2 aromatic carbocycles. The molecule has 2 aliphatic rings. The Balaban J connectivity index is 1.35. The third-order valence-electron chi connectivity index (χ3n) is 6.22. The van der Waals surface area contributed by atoms with Gasteiger partial charge in [-0.3, -0.25) is 4.79 Å². The number of hydrogen-bond donors (Lipinski definition) is 2. The van der Waals surface area contributed by atoms with Crippen molar-refractivity contribution in [3.8, 4) is 11.5 Å². The summed E-state index contributed by atoms with van der Waals surface area (Å²) in [4.78, 5) is 12.7. The zero-order chi connectivity index (χ0) is 19.5. The van der Waals surface area contributed by atoms with E-state index in [1.54, 1.807) is 7.11 Å². The van der Waals surface area contributed by atoms with Gasteiger partial charge < -0.3 is 20.5 Å². The van der Waals surface area contributed by atoms with Crippen molar-refractivity contribution >= 4 is 5.91 Å². The number of benzene rings is 2. The number of nitrogens with one attached hydrogen (secondary N) is 1. The zero-order valence-corrected chi connectivity index (χ0v) is 16.3. The molecule has 2 saturated carbocycles. The number of carbonyl (C=O) groups is 1. The van der Waals surface area contributed by atoms with Gasteiger partial charge in [-0.15, -0.1) is 0 Å². The molecule has 3 N–H and O–H groups in total. The lowest BCUT2D eigenvalue weighted by Gasteiger charge is -2.27. The molecule has 2 aliphatic carbocycles. The Hall–Kier alpha value is -2.53. The fourth-order valence-corrected chi connectivity index (χ4v) is 4.71. The van der Waals surface area contributed by atoms with Gasteiger partial charge in [-0.25, -0.2) is 0 Å². The van der Waals surface area contributed by atoms with Crippen LogP contribution in [0.5, 0.6) is 11.5 Å². The van der Waals surface area contributed by atoms with Crippen LogP contribution in [0, 0.1) is 17.8 Å². The van der Waals surface area contributed by atoms with Crippen molar-refractivity contribution in [1.82, 2.24) is 5.32 Å². The van der Waals surface area contributed by atoms with E-state index in [2.05, 4.69) is 5.32 Å². The van der Waals surface area contributed by atoms with Gasteiger partial charge in [-0.2, -0.15) is 0 Å². The molecule has 28 heavy (non-hydrogen) atoms. The molecule has 5 heteroatoms. The Kier molecular flexibility index (Phi) is 5.53. The van der Waals surface area contributed by atoms with E-state index < -0.39 is 0 Å². The first-order chi connectivity index (χ1) is 13.7. The molecule has 2 fully saturated rings. The van der Waals surface area contributed by atoms with Crippen LogP contribution in [0.25, 0.3) is 0 Å². The number of hydrogen-bond acceptors (Lipinski definition) is 4. The van der Waals surface area contributed by atoms with Gasteiger partial charge in [0.2, 0.25) is 5.91 Å². The van der Waals surface area contributed by atoms with Crippen LogP contribution < -0.4 is 20.5 Å². The molecule has 0 aliphatic heterocycles. The second-order valence-electron chi connectivity index (χ2n) is 7.91. The van der Waals surface area contributed by atoms with E-state index in [0.29, 0.717) is 36.5 Å². The van der Waals surface area contributed by atoms with Crippen molar-refractivity contribution in [2.24, 2.45) is 23.5 Å². The average molecular weight is 380 g/mol. The molecule has 0 heterocycles. The lowest BCUT2D eigenvalue weighted by Crippen LogP contribution is -2.45. The molecule has 4 atom stereocenters. The number of fused-ring (bicyclic) bond motifs is 2. The Bertz CT molecular complexity index is 822. The second kappa shape index (κ2) is 8.23. The summed E-state index contributed by atoms with van der Waals surface area (Å²) >= 11 is 0. The Morgan fingerprint density at radius 3 is 2.57 bits per heavy atom. The van der Waals surface area contributed by atoms with Crippen LogP contribution in [-0.4, -0.2) is 19.1 Å². The van der Waals surface area contributed by atoms with Crippen molar-refractivity contribution in [3.05, 3.63) is 59.7 Å². The highest BCUT2D eigenvalue weighted by Gasteiger charge is 2.48. The third-order valence-corrected chi connectivity index (χ3v) is 6.22. The first-order valence-corrected chi connectivity index (χ1v) is 10.0. The van der Waals surface area contributed by atoms with Crippen molar-refractivity contribution < 1.29 is 14.3 Å². The molecule has 5 nitrogen and oxygen atoms in total. The maximum atomic E-state index is 12.7. The van der Waals surface area contributed by atoms with E-state index in [4.69, 9.17) is 15.2 Å². The molecule has 4 rings (SSSR count). The first kappa shape index (κ1) is 18.8. The van der Waals surface area contributed by atoms with E-state index in [1.807, 2.05) is 48.5 Å². The summed E-state index contributed by atoms with van der Waals surface area (Å²) < 4.78 is 11.4. The molecule has 2 aromatic rings. The van der Waals surface area contributed by atoms with Gasteiger partial charge in [-0.1, -0.05) is 36.4 Å². The van der Waals surface area contributed by atoms with E-state index in [9.17, 15) is 4.79 Å². The highest BCUT2D eigenvalue weighted by molar-refractivity contribution is 5.80. The highest BCUT2D eigenvalue weighted by atomic mass is 16.5. The molecule has 0 radical (unpaired) electrons. The standard InChI is InChI=1S/C23H28N2O3/c1-27-20-11-16(7-10-19(20)28-14-15-5-3-2-4-6-15)13-25-23(26)21-17-8-9-18(12-17)22(21)24/h2-7,10-11,17-18,21-22H,8-9,12-14,24H2,1H3,(H,25,26). The molecule has 4 unspecified atom stereocenters. The summed E-state index contributed by atoms with van der Waals surface area (Å²) in [5.74, 6) is 2.40. The van der Waals surface area contributed by atoms with Crippen LogP contribution in [0.2, 0.25) is 0 Å². The van der Waals surface area contributed by atoms with Crippen LogP contribution in [0.4, 0.5) is 0 Å². The molecule has 2 bridgehead atoms. The second-order valence-corrected chi connectivity index (χ2v) is 7.91. The SMILES string of the molecule is COc1cc(CNC(=O)C2C3CCC(C3)C2N)ccc1OCc1ccccc1. The molecule has 0 spiro atoms. The van der Waals surface area contributed by atoms with Crippen molar-refractivity contribution in [1.29, 1.82) is 0 Å². The summed E-state index contributed by atoms with van der Waals surface area (Å²) in [6.45, 7) is 0.949. The summed E-state index contributed by atoms with van der Waals surface area (Å²) in [6, 6.07) is 15.8. The van der Waals surface area contributed by atoms with E-state index in [0.717, 1.165) is 24.0 Å². The van der Waals surface area contributed by atoms with Crippen LogP contribution in [0.15, 0.2) is 48.5 Å². The number of carbonyl (C=O) groups excluding carboxylic acids is 1. The number of methoxy groups -OCH3 is 1. The molecule has 0 aromatic heterocycles. The van der Waals surface area contributed by atoms with Crippen molar-refractivity contribution in [2.45, 2.75) is 38.5 Å². The average Bonchev–Trinajstić information content (AvgIpc) is 3.33. The lowest BCUT2D eigenvalue weighted by atomic mass is 9.84. The van der Waals surface area contributed by atoms with Crippen LogP contribution in [-0.2, 0) is 17.9 Å². The van der Waals surface area contributed by atoms with E-state index in [-0.39, 0.29) is 17.9 Å². The summed E-state index contributed by atoms with van der Waals surface area (Å²) in [7, 11) is 1.63. The van der Waals surface area contributed by atoms with Crippen LogP contribution in [0.3, 0.4) is 0 Å². The maximum absolute atomic E-state index is 12.7. The number of nitrogens with two attached hydrogens (primary N) is 1. The molecule has 1 amide bonds. The topological polar surface area (TPSA) is 73.6 Å². The predicted octanol–water partition coefficient (Wildman–Crippen LogP) is 3.26. The number of amides is 1. The predicted molar refractivity (Wildman–Crippen MR) is 108 cm³/mol. The quantitative estimate of drug-likeness (QED) is 0.773. The van der Waals surface area contributed by atoms with Gasteiger partial charge in [0.25, 0.3) is 0 Å². The van der Waals surface area contributed by atoms with E-state index >= 15 is 0 Å². The Morgan fingerprint density at radius 2 is 1.86 bits per heavy atom. The minimum absolute atomic E-state index is 0.0158. The molecular weight excluding hydrogens is 352 g/mol. The largest absolute Gasteiger partial charge is 0.493 e. The van der Waals surface area contributed by atoms with Crippen molar-refractivity contribution in [2.75, 3.05) is 7.11 Å². The monoisotopic (exact) mass is 380 g/mol.